The van der Waals surface area contributed by atoms with Gasteiger partial charge in [0.1, 0.15) is 5.75 Å². The number of hydrogen-bond acceptors (Lipinski definition) is 2. The summed E-state index contributed by atoms with van der Waals surface area (Å²) in [5, 5.41) is 12.8. The molecule has 2 N–H and O–H groups in total. The van der Waals surface area contributed by atoms with E-state index in [1.165, 1.54) is 6.07 Å². The van der Waals surface area contributed by atoms with E-state index in [0.29, 0.717) is 16.3 Å². The summed E-state index contributed by atoms with van der Waals surface area (Å²) in [6, 6.07) is 11.7. The molecule has 4 heteroatoms. The van der Waals surface area contributed by atoms with Gasteiger partial charge in [0.2, 0.25) is 0 Å². The number of rotatable bonds is 2. The van der Waals surface area contributed by atoms with Gasteiger partial charge in [-0.3, -0.25) is 4.79 Å². The molecule has 2 aromatic rings. The minimum atomic E-state index is -0.285. The number of halogens is 1. The van der Waals surface area contributed by atoms with Gasteiger partial charge in [-0.25, -0.2) is 0 Å². The minimum absolute atomic E-state index is 0.105. The molecular weight excluding hydrogens is 250 g/mol. The number of nitrogens with one attached hydrogen (secondary N) is 1. The topological polar surface area (TPSA) is 49.3 Å². The first-order valence-electron chi connectivity index (χ1n) is 5.43. The second-order valence-electron chi connectivity index (χ2n) is 3.97. The first-order chi connectivity index (χ1) is 8.56. The second kappa shape index (κ2) is 5.10. The quantitative estimate of drug-likeness (QED) is 0.868. The zero-order chi connectivity index (χ0) is 13.1. The van der Waals surface area contributed by atoms with Crippen molar-refractivity contribution in [1.29, 1.82) is 0 Å². The van der Waals surface area contributed by atoms with Crippen LogP contribution in [0.1, 0.15) is 15.9 Å². The van der Waals surface area contributed by atoms with Crippen molar-refractivity contribution in [1.82, 2.24) is 0 Å². The second-order valence-corrected chi connectivity index (χ2v) is 4.40. The third-order valence-electron chi connectivity index (χ3n) is 2.55. The highest BCUT2D eigenvalue weighted by Gasteiger charge is 2.08. The average molecular weight is 262 g/mol. The Morgan fingerprint density at radius 2 is 2.00 bits per heavy atom. The van der Waals surface area contributed by atoms with Crippen LogP contribution in [0.15, 0.2) is 42.5 Å². The van der Waals surface area contributed by atoms with E-state index >= 15 is 0 Å². The lowest BCUT2D eigenvalue weighted by Crippen LogP contribution is -2.11. The Labute approximate surface area is 110 Å². The highest BCUT2D eigenvalue weighted by atomic mass is 35.5. The minimum Gasteiger partial charge on any atom is -0.508 e. The maximum atomic E-state index is 11.9. The van der Waals surface area contributed by atoms with Gasteiger partial charge in [0.05, 0.1) is 0 Å². The van der Waals surface area contributed by atoms with Gasteiger partial charge in [-0.2, -0.15) is 0 Å². The molecule has 0 bridgehead atoms. The molecule has 0 saturated carbocycles. The van der Waals surface area contributed by atoms with Crippen LogP contribution < -0.4 is 5.32 Å². The number of benzene rings is 2. The van der Waals surface area contributed by atoms with Crippen molar-refractivity contribution >= 4 is 23.2 Å². The van der Waals surface area contributed by atoms with Crippen molar-refractivity contribution in [3.8, 4) is 5.75 Å². The fourth-order valence-corrected chi connectivity index (χ4v) is 1.71. The van der Waals surface area contributed by atoms with E-state index < -0.39 is 0 Å². The van der Waals surface area contributed by atoms with Gasteiger partial charge in [-0.15, -0.1) is 0 Å². The molecule has 0 atom stereocenters. The van der Waals surface area contributed by atoms with Gasteiger partial charge in [-0.05, 0) is 42.8 Å². The molecule has 0 aromatic heterocycles. The molecule has 92 valence electrons. The molecule has 0 unspecified atom stereocenters. The summed E-state index contributed by atoms with van der Waals surface area (Å²) in [4.78, 5) is 11.9. The van der Waals surface area contributed by atoms with Crippen LogP contribution in [-0.4, -0.2) is 11.0 Å². The number of aryl methyl sites for hydroxylation is 1. The molecule has 0 fully saturated rings. The summed E-state index contributed by atoms with van der Waals surface area (Å²) in [6.45, 7) is 1.77. The number of carbonyl (C=O) groups is 1. The number of amides is 1. The number of aromatic hydroxyl groups is 1. The molecule has 0 saturated heterocycles. The molecule has 0 spiro atoms. The first kappa shape index (κ1) is 12.5. The maximum absolute atomic E-state index is 11.9. The monoisotopic (exact) mass is 261 g/mol. The number of anilines is 1. The van der Waals surface area contributed by atoms with Crippen molar-refractivity contribution < 1.29 is 9.90 Å². The predicted molar refractivity (Wildman–Crippen MR) is 72.2 cm³/mol. The van der Waals surface area contributed by atoms with E-state index in [9.17, 15) is 9.90 Å². The SMILES string of the molecule is Cc1ccc(C(=O)Nc2cccc(Cl)c2)cc1O. The maximum Gasteiger partial charge on any atom is 0.255 e. The van der Waals surface area contributed by atoms with Gasteiger partial charge >= 0.3 is 0 Å². The lowest BCUT2D eigenvalue weighted by atomic mass is 10.1. The lowest BCUT2D eigenvalue weighted by Gasteiger charge is -2.06. The van der Waals surface area contributed by atoms with E-state index in [0.717, 1.165) is 5.56 Å². The summed E-state index contributed by atoms with van der Waals surface area (Å²) < 4.78 is 0. The van der Waals surface area contributed by atoms with Crippen molar-refractivity contribution in [2.75, 3.05) is 5.32 Å². The predicted octanol–water partition coefficient (Wildman–Crippen LogP) is 3.61. The molecule has 0 heterocycles. The Morgan fingerprint density at radius 1 is 1.22 bits per heavy atom. The highest BCUT2D eigenvalue weighted by Crippen LogP contribution is 2.19. The van der Waals surface area contributed by atoms with Crippen molar-refractivity contribution in [2.45, 2.75) is 6.92 Å². The lowest BCUT2D eigenvalue weighted by molar-refractivity contribution is 0.102. The van der Waals surface area contributed by atoms with Gasteiger partial charge in [-0.1, -0.05) is 23.7 Å². The Morgan fingerprint density at radius 3 is 2.67 bits per heavy atom. The summed E-state index contributed by atoms with van der Waals surface area (Å²) >= 11 is 5.83. The Kier molecular flexibility index (Phi) is 3.53. The van der Waals surface area contributed by atoms with Crippen LogP contribution in [0.3, 0.4) is 0 Å². The fourth-order valence-electron chi connectivity index (χ4n) is 1.52. The van der Waals surface area contributed by atoms with Gasteiger partial charge in [0.25, 0.3) is 5.91 Å². The summed E-state index contributed by atoms with van der Waals surface area (Å²) in [5.74, 6) is -0.179. The largest absolute Gasteiger partial charge is 0.508 e. The fraction of sp³-hybridized carbons (Fsp3) is 0.0714. The first-order valence-corrected chi connectivity index (χ1v) is 5.80. The molecule has 18 heavy (non-hydrogen) atoms. The molecular formula is C14H12ClNO2. The van der Waals surface area contributed by atoms with Crippen LogP contribution in [0.4, 0.5) is 5.69 Å². The van der Waals surface area contributed by atoms with E-state index in [2.05, 4.69) is 5.32 Å². The molecule has 3 nitrogen and oxygen atoms in total. The molecule has 1 amide bonds. The van der Waals surface area contributed by atoms with E-state index in [1.54, 1.807) is 43.3 Å². The molecule has 2 rings (SSSR count). The summed E-state index contributed by atoms with van der Waals surface area (Å²) in [6.07, 6.45) is 0. The zero-order valence-electron chi connectivity index (χ0n) is 9.77. The van der Waals surface area contributed by atoms with E-state index in [4.69, 9.17) is 11.6 Å². The third kappa shape index (κ3) is 2.81. The number of hydrogen-bond donors (Lipinski definition) is 2. The van der Waals surface area contributed by atoms with Crippen molar-refractivity contribution in [3.63, 3.8) is 0 Å². The molecule has 0 radical (unpaired) electrons. The number of phenolic OH excluding ortho intramolecular Hbond substituents is 1. The summed E-state index contributed by atoms with van der Waals surface area (Å²) in [5.41, 5.74) is 1.75. The molecule has 2 aromatic carbocycles. The van der Waals surface area contributed by atoms with Crippen LogP contribution in [0, 0.1) is 6.92 Å². The summed E-state index contributed by atoms with van der Waals surface area (Å²) in [7, 11) is 0. The third-order valence-corrected chi connectivity index (χ3v) is 2.79. The molecule has 0 aliphatic carbocycles. The Balaban J connectivity index is 2.19. The van der Waals surface area contributed by atoms with Gasteiger partial charge in [0, 0.05) is 16.3 Å². The van der Waals surface area contributed by atoms with Crippen LogP contribution >= 0.6 is 11.6 Å². The Hall–Kier alpha value is -2.00. The Bertz CT molecular complexity index is 596. The van der Waals surface area contributed by atoms with Crippen molar-refractivity contribution in [2.24, 2.45) is 0 Å². The molecule has 0 aliphatic rings. The smallest absolute Gasteiger partial charge is 0.255 e. The zero-order valence-corrected chi connectivity index (χ0v) is 10.5. The highest BCUT2D eigenvalue weighted by molar-refractivity contribution is 6.30. The number of carbonyl (C=O) groups excluding carboxylic acids is 1. The van der Waals surface area contributed by atoms with Crippen LogP contribution in [-0.2, 0) is 0 Å². The molecule has 0 aliphatic heterocycles. The van der Waals surface area contributed by atoms with Crippen molar-refractivity contribution in [3.05, 3.63) is 58.6 Å². The van der Waals surface area contributed by atoms with E-state index in [-0.39, 0.29) is 11.7 Å². The normalized spacial score (nSPS) is 10.1. The number of phenols is 1. The van der Waals surface area contributed by atoms with Gasteiger partial charge < -0.3 is 10.4 Å². The van der Waals surface area contributed by atoms with Crippen LogP contribution in [0.25, 0.3) is 0 Å². The van der Waals surface area contributed by atoms with E-state index in [1.807, 2.05) is 0 Å². The van der Waals surface area contributed by atoms with Gasteiger partial charge in [0.15, 0.2) is 0 Å². The van der Waals surface area contributed by atoms with Crippen LogP contribution in [0.5, 0.6) is 5.75 Å². The standard InChI is InChI=1S/C14H12ClNO2/c1-9-5-6-10(7-13(9)17)14(18)16-12-4-2-3-11(15)8-12/h2-8,17H,1H3,(H,16,18). The average Bonchev–Trinajstić information content (AvgIpc) is 2.32. The van der Waals surface area contributed by atoms with Crippen LogP contribution in [0.2, 0.25) is 5.02 Å².